The zero-order chi connectivity index (χ0) is 20.6. The molecular weight excluding hydrogens is 381 g/mol. The van der Waals surface area contributed by atoms with Crippen molar-refractivity contribution in [2.75, 3.05) is 31.1 Å². The molecule has 0 radical (unpaired) electrons. The predicted octanol–water partition coefficient (Wildman–Crippen LogP) is 3.84. The van der Waals surface area contributed by atoms with Gasteiger partial charge in [-0.2, -0.15) is 18.3 Å². The highest BCUT2D eigenvalue weighted by Gasteiger charge is 2.41. The van der Waals surface area contributed by atoms with E-state index in [4.69, 9.17) is 0 Å². The van der Waals surface area contributed by atoms with Gasteiger partial charge < -0.3 is 9.80 Å². The van der Waals surface area contributed by atoms with Crippen LogP contribution < -0.4 is 4.90 Å². The van der Waals surface area contributed by atoms with Crippen molar-refractivity contribution in [3.8, 4) is 0 Å². The van der Waals surface area contributed by atoms with E-state index in [1.807, 2.05) is 6.07 Å². The van der Waals surface area contributed by atoms with Gasteiger partial charge in [0.15, 0.2) is 5.69 Å². The maximum Gasteiger partial charge on any atom is 0.433 e. The highest BCUT2D eigenvalue weighted by molar-refractivity contribution is 5.95. The first-order chi connectivity index (χ1) is 13.9. The topological polar surface area (TPSA) is 41.4 Å². The molecule has 0 aliphatic carbocycles. The van der Waals surface area contributed by atoms with Crippen LogP contribution in [0, 0.1) is 5.92 Å². The fourth-order valence-electron chi connectivity index (χ4n) is 4.48. The Morgan fingerprint density at radius 3 is 2.59 bits per heavy atom. The maximum atomic E-state index is 13.4. The molecular formula is C21H25F3N4O. The molecule has 0 spiro atoms. The lowest BCUT2D eigenvalue weighted by Crippen LogP contribution is -2.42. The van der Waals surface area contributed by atoms with Crippen LogP contribution in [-0.4, -0.2) is 46.8 Å². The van der Waals surface area contributed by atoms with Crippen LogP contribution in [0.2, 0.25) is 0 Å². The smallest absolute Gasteiger partial charge is 0.371 e. The first-order valence-electron chi connectivity index (χ1n) is 10.1. The minimum Gasteiger partial charge on any atom is -0.371 e. The van der Waals surface area contributed by atoms with E-state index in [-0.39, 0.29) is 12.1 Å². The number of fused-ring (bicyclic) bond motifs is 1. The normalized spacial score (nSPS) is 17.7. The van der Waals surface area contributed by atoms with E-state index in [9.17, 15) is 18.0 Å². The number of hydrogen-bond acceptors (Lipinski definition) is 3. The summed E-state index contributed by atoms with van der Waals surface area (Å²) >= 11 is 0. The lowest BCUT2D eigenvalue weighted by molar-refractivity contribution is -0.144. The Bertz CT molecular complexity index is 884. The predicted molar refractivity (Wildman–Crippen MR) is 104 cm³/mol. The highest BCUT2D eigenvalue weighted by Crippen LogP contribution is 2.34. The molecule has 1 amide bonds. The molecule has 29 heavy (non-hydrogen) atoms. The van der Waals surface area contributed by atoms with Gasteiger partial charge in [-0.05, 0) is 43.7 Å². The van der Waals surface area contributed by atoms with Gasteiger partial charge in [-0.15, -0.1) is 0 Å². The molecule has 4 rings (SSSR count). The third-order valence-corrected chi connectivity index (χ3v) is 6.00. The summed E-state index contributed by atoms with van der Waals surface area (Å²) in [6.45, 7) is 4.55. The number of para-hydroxylation sites is 1. The van der Waals surface area contributed by atoms with Gasteiger partial charge >= 0.3 is 6.18 Å². The lowest BCUT2D eigenvalue weighted by atomic mass is 9.95. The number of rotatable bonds is 4. The van der Waals surface area contributed by atoms with Crippen LogP contribution in [0.15, 0.2) is 30.5 Å². The van der Waals surface area contributed by atoms with E-state index in [0.29, 0.717) is 19.0 Å². The first-order valence-corrected chi connectivity index (χ1v) is 10.1. The molecule has 5 nitrogen and oxygen atoms in total. The van der Waals surface area contributed by atoms with Crippen molar-refractivity contribution in [3.05, 3.63) is 47.3 Å². The summed E-state index contributed by atoms with van der Waals surface area (Å²) < 4.78 is 41.1. The van der Waals surface area contributed by atoms with Gasteiger partial charge in [0.2, 0.25) is 0 Å². The number of benzene rings is 1. The fourth-order valence-corrected chi connectivity index (χ4v) is 4.48. The van der Waals surface area contributed by atoms with E-state index in [2.05, 4.69) is 28.2 Å². The van der Waals surface area contributed by atoms with Crippen molar-refractivity contribution in [2.24, 2.45) is 5.92 Å². The molecule has 0 N–H and O–H groups in total. The van der Waals surface area contributed by atoms with Crippen LogP contribution in [-0.2, 0) is 19.1 Å². The summed E-state index contributed by atoms with van der Waals surface area (Å²) in [5.74, 6) is -0.132. The van der Waals surface area contributed by atoms with Gasteiger partial charge in [0.1, 0.15) is 0 Å². The molecule has 156 valence electrons. The van der Waals surface area contributed by atoms with Crippen LogP contribution in [0.3, 0.4) is 0 Å². The summed E-state index contributed by atoms with van der Waals surface area (Å²) in [5, 5.41) is 3.76. The van der Waals surface area contributed by atoms with Gasteiger partial charge in [-0.1, -0.05) is 18.2 Å². The molecule has 2 aromatic rings. The molecule has 1 fully saturated rings. The van der Waals surface area contributed by atoms with Crippen molar-refractivity contribution in [3.63, 3.8) is 0 Å². The monoisotopic (exact) mass is 406 g/mol. The Kier molecular flexibility index (Phi) is 5.27. The number of alkyl halides is 3. The average molecular weight is 406 g/mol. The summed E-state index contributed by atoms with van der Waals surface area (Å²) in [6, 6.07) is 8.41. The Morgan fingerprint density at radius 2 is 1.90 bits per heavy atom. The van der Waals surface area contributed by atoms with Crippen LogP contribution in [0.25, 0.3) is 0 Å². The van der Waals surface area contributed by atoms with Crippen LogP contribution in [0.1, 0.15) is 41.4 Å². The number of anilines is 1. The van der Waals surface area contributed by atoms with Crippen LogP contribution >= 0.6 is 0 Å². The van der Waals surface area contributed by atoms with Crippen LogP contribution in [0.5, 0.6) is 0 Å². The van der Waals surface area contributed by atoms with Crippen molar-refractivity contribution in [2.45, 2.75) is 38.9 Å². The number of halogens is 3. The Balaban J connectivity index is 1.39. The third-order valence-electron chi connectivity index (χ3n) is 6.00. The van der Waals surface area contributed by atoms with Crippen molar-refractivity contribution in [1.29, 1.82) is 0 Å². The molecule has 0 atom stereocenters. The second kappa shape index (κ2) is 7.72. The van der Waals surface area contributed by atoms with Crippen molar-refractivity contribution < 1.29 is 18.0 Å². The largest absolute Gasteiger partial charge is 0.433 e. The molecule has 3 heterocycles. The number of aromatic nitrogens is 2. The molecule has 0 saturated carbocycles. The number of nitrogens with zero attached hydrogens (tertiary/aromatic N) is 4. The zero-order valence-corrected chi connectivity index (χ0v) is 16.5. The molecule has 1 aromatic carbocycles. The standard InChI is InChI=1S/C21H25F3N4O/c1-2-28-19(21(22,23)24)17(13-25-28)20(29)26-10-7-15(8-11-26)14-27-12-9-16-5-3-4-6-18(16)27/h3-6,13,15H,2,7-12,14H2,1H3. The van der Waals surface area contributed by atoms with Gasteiger partial charge in [0, 0.05) is 38.4 Å². The third kappa shape index (κ3) is 3.84. The fraction of sp³-hybridized carbons (Fsp3) is 0.524. The lowest BCUT2D eigenvalue weighted by Gasteiger charge is -2.34. The minimum atomic E-state index is -4.60. The second-order valence-corrected chi connectivity index (χ2v) is 7.78. The number of hydrogen-bond donors (Lipinski definition) is 0. The number of carbonyl (C=O) groups excluding carboxylic acids is 1. The molecule has 2 aliphatic rings. The van der Waals surface area contributed by atoms with Crippen molar-refractivity contribution >= 4 is 11.6 Å². The van der Waals surface area contributed by atoms with Crippen molar-refractivity contribution in [1.82, 2.24) is 14.7 Å². The molecule has 2 aliphatic heterocycles. The van der Waals surface area contributed by atoms with Gasteiger partial charge in [-0.3, -0.25) is 9.48 Å². The number of aryl methyl sites for hydroxylation is 1. The molecule has 0 unspecified atom stereocenters. The van der Waals surface area contributed by atoms with Gasteiger partial charge in [0.25, 0.3) is 5.91 Å². The van der Waals surface area contributed by atoms with E-state index >= 15 is 0 Å². The van der Waals surface area contributed by atoms with Gasteiger partial charge in [0.05, 0.1) is 11.8 Å². The van der Waals surface area contributed by atoms with E-state index in [1.54, 1.807) is 11.8 Å². The molecule has 1 aromatic heterocycles. The quantitative estimate of drug-likeness (QED) is 0.775. The minimum absolute atomic E-state index is 0.0709. The number of carbonyl (C=O) groups is 1. The van der Waals surface area contributed by atoms with E-state index < -0.39 is 17.8 Å². The molecule has 0 bridgehead atoms. The number of likely N-dealkylation sites (tertiary alicyclic amines) is 1. The highest BCUT2D eigenvalue weighted by atomic mass is 19.4. The SMILES string of the molecule is CCn1ncc(C(=O)N2CCC(CN3CCc4ccccc43)CC2)c1C(F)(F)F. The second-order valence-electron chi connectivity index (χ2n) is 7.78. The zero-order valence-electron chi connectivity index (χ0n) is 16.5. The van der Waals surface area contributed by atoms with Gasteiger partial charge in [-0.25, -0.2) is 0 Å². The number of amides is 1. The molecule has 1 saturated heterocycles. The van der Waals surface area contributed by atoms with E-state index in [0.717, 1.165) is 43.2 Å². The Hall–Kier alpha value is -2.51. The van der Waals surface area contributed by atoms with E-state index in [1.165, 1.54) is 11.3 Å². The first kappa shape index (κ1) is 19.8. The summed E-state index contributed by atoms with van der Waals surface area (Å²) in [7, 11) is 0. The average Bonchev–Trinajstić information content (AvgIpc) is 3.32. The summed E-state index contributed by atoms with van der Waals surface area (Å²) in [6.07, 6.45) is -0.892. The number of piperidine rings is 1. The Morgan fingerprint density at radius 1 is 1.17 bits per heavy atom. The summed E-state index contributed by atoms with van der Waals surface area (Å²) in [4.78, 5) is 16.7. The molecule has 8 heteroatoms. The maximum absolute atomic E-state index is 13.4. The van der Waals surface area contributed by atoms with Crippen LogP contribution in [0.4, 0.5) is 18.9 Å². The summed E-state index contributed by atoms with van der Waals surface area (Å²) in [5.41, 5.74) is 1.37. The Labute approximate surface area is 168 Å².